The molecule has 4 aromatic rings. The minimum absolute atomic E-state index is 0.00812. The van der Waals surface area contributed by atoms with E-state index >= 15 is 8.78 Å². The summed E-state index contributed by atoms with van der Waals surface area (Å²) in [5.41, 5.74) is -0.398. The van der Waals surface area contributed by atoms with Crippen molar-refractivity contribution in [3.8, 4) is 17.1 Å². The number of nitrogens with two attached hydrogens (primary N) is 1. The van der Waals surface area contributed by atoms with Crippen molar-refractivity contribution in [1.29, 1.82) is 0 Å². The number of amides is 1. The molecule has 1 unspecified atom stereocenters. The lowest BCUT2D eigenvalue weighted by molar-refractivity contribution is -0.137. The minimum atomic E-state index is -5.09. The lowest BCUT2D eigenvalue weighted by Gasteiger charge is -2.50. The Bertz CT molecular complexity index is 2070. The molecule has 6 heterocycles. The highest BCUT2D eigenvalue weighted by molar-refractivity contribution is 6.34. The molecule has 0 saturated carbocycles. The fourth-order valence-corrected chi connectivity index (χ4v) is 8.78. The average Bonchev–Trinajstić information content (AvgIpc) is 3.86. The second kappa shape index (κ2) is 11.8. The maximum Gasteiger partial charge on any atom is 0.417 e. The largest absolute Gasteiger partial charge is 0.461 e. The van der Waals surface area contributed by atoms with Crippen LogP contribution in [0.5, 0.6) is 6.01 Å². The molecule has 3 atom stereocenters. The summed E-state index contributed by atoms with van der Waals surface area (Å²) < 4.78 is 97.5. The number of aromatic nitrogens is 5. The number of carbonyl (C=O) groups is 1. The van der Waals surface area contributed by atoms with Gasteiger partial charge >= 0.3 is 18.2 Å². The standard InChI is InChI=1S/C33H32ClF6N9O2/c1-17-9-21(41)25(36)23(24(17)33(38,39)40)22-20(34)10-19-27(26(22)37)44-29(51-14-32-3-2-6-47(32)12-18(35)11-32)45-28(19)46-7-4-31(13-46)5-8-48(31)30(50)49-16-42-15-43-49/h9-10,15-16,18H,2-8,11-14,41H2,1H3/t18-,31?,32+/m1/s1. The van der Waals surface area contributed by atoms with E-state index in [4.69, 9.17) is 22.1 Å². The summed E-state index contributed by atoms with van der Waals surface area (Å²) in [5, 5.41) is 3.47. The van der Waals surface area contributed by atoms with E-state index in [-0.39, 0.29) is 49.4 Å². The topological polar surface area (TPSA) is 119 Å². The Morgan fingerprint density at radius 2 is 1.88 bits per heavy atom. The molecule has 8 rings (SSSR count). The third-order valence-electron chi connectivity index (χ3n) is 10.9. The third kappa shape index (κ3) is 5.33. The molecular formula is C33H32ClF6N9O2. The number of nitrogens with zero attached hydrogens (tertiary/aromatic N) is 8. The molecule has 1 amide bonds. The van der Waals surface area contributed by atoms with Crippen molar-refractivity contribution in [1.82, 2.24) is 34.5 Å². The molecule has 11 nitrogen and oxygen atoms in total. The number of rotatable bonds is 5. The Hall–Kier alpha value is -4.38. The van der Waals surface area contributed by atoms with E-state index in [0.717, 1.165) is 24.1 Å². The van der Waals surface area contributed by atoms with Gasteiger partial charge in [0.05, 0.1) is 27.4 Å². The molecule has 4 fully saturated rings. The fourth-order valence-electron chi connectivity index (χ4n) is 8.49. The summed E-state index contributed by atoms with van der Waals surface area (Å²) in [7, 11) is 0. The Morgan fingerprint density at radius 1 is 1.10 bits per heavy atom. The van der Waals surface area contributed by atoms with Crippen LogP contribution in [0.1, 0.15) is 43.2 Å². The molecule has 4 saturated heterocycles. The zero-order valence-electron chi connectivity index (χ0n) is 27.3. The lowest BCUT2D eigenvalue weighted by atomic mass is 9.84. The van der Waals surface area contributed by atoms with Crippen molar-refractivity contribution < 1.29 is 35.9 Å². The van der Waals surface area contributed by atoms with Crippen LogP contribution in [0.15, 0.2) is 24.8 Å². The molecular weight excluding hydrogens is 704 g/mol. The highest BCUT2D eigenvalue weighted by atomic mass is 35.5. The Balaban J connectivity index is 1.25. The van der Waals surface area contributed by atoms with E-state index in [2.05, 4.69) is 20.1 Å². The predicted octanol–water partition coefficient (Wildman–Crippen LogP) is 6.01. The number of fused-ring (bicyclic) bond motifs is 2. The summed E-state index contributed by atoms with van der Waals surface area (Å²) in [6.45, 7) is 3.13. The van der Waals surface area contributed by atoms with Crippen LogP contribution >= 0.6 is 11.6 Å². The molecule has 270 valence electrons. The number of nitrogen functional groups attached to an aromatic ring is 1. The number of anilines is 2. The van der Waals surface area contributed by atoms with Crippen molar-refractivity contribution in [2.75, 3.05) is 50.0 Å². The fraction of sp³-hybridized carbons (Fsp3) is 0.485. The van der Waals surface area contributed by atoms with Gasteiger partial charge in [0, 0.05) is 49.1 Å². The van der Waals surface area contributed by atoms with Gasteiger partial charge in [-0.3, -0.25) is 4.90 Å². The van der Waals surface area contributed by atoms with Gasteiger partial charge in [0.15, 0.2) is 11.6 Å². The maximum atomic E-state index is 16.9. The van der Waals surface area contributed by atoms with Crippen LogP contribution in [0.2, 0.25) is 5.02 Å². The second-order valence-corrected chi connectivity index (χ2v) is 14.3. The molecule has 1 spiro atoms. The minimum Gasteiger partial charge on any atom is -0.461 e. The number of benzene rings is 2. The van der Waals surface area contributed by atoms with Gasteiger partial charge in [0.25, 0.3) is 0 Å². The summed E-state index contributed by atoms with van der Waals surface area (Å²) in [6, 6.07) is 1.38. The van der Waals surface area contributed by atoms with Crippen molar-refractivity contribution in [3.63, 3.8) is 0 Å². The smallest absolute Gasteiger partial charge is 0.417 e. The summed E-state index contributed by atoms with van der Waals surface area (Å²) >= 11 is 6.57. The SMILES string of the molecule is Cc1cc(N)c(F)c(-c2c(Cl)cc3c(N4CCC5(CCN5C(=O)n5cncn5)C4)nc(OC[C@@]45CCCN4C[C@H](F)C5)nc3c2F)c1C(F)(F)F. The summed E-state index contributed by atoms with van der Waals surface area (Å²) in [6.07, 6.45) is -0.660. The van der Waals surface area contributed by atoms with E-state index in [9.17, 15) is 22.4 Å². The van der Waals surface area contributed by atoms with Gasteiger partial charge in [-0.2, -0.15) is 32.9 Å². The lowest BCUT2D eigenvalue weighted by Crippen LogP contribution is -2.64. The molecule has 0 aliphatic carbocycles. The molecule has 2 aromatic carbocycles. The monoisotopic (exact) mass is 735 g/mol. The first-order chi connectivity index (χ1) is 24.2. The van der Waals surface area contributed by atoms with Gasteiger partial charge in [0.1, 0.15) is 36.8 Å². The third-order valence-corrected chi connectivity index (χ3v) is 11.2. The highest BCUT2D eigenvalue weighted by Gasteiger charge is 2.53. The molecule has 18 heteroatoms. The van der Waals surface area contributed by atoms with Crippen molar-refractivity contribution >= 4 is 40.0 Å². The Morgan fingerprint density at radius 3 is 2.59 bits per heavy atom. The number of halogens is 7. The molecule has 0 radical (unpaired) electrons. The van der Waals surface area contributed by atoms with Crippen LogP contribution in [0.4, 0.5) is 42.6 Å². The highest BCUT2D eigenvalue weighted by Crippen LogP contribution is 2.49. The van der Waals surface area contributed by atoms with Gasteiger partial charge in [-0.05, 0) is 56.8 Å². The Kier molecular flexibility index (Phi) is 7.83. The second-order valence-electron chi connectivity index (χ2n) is 13.9. The molecule has 2 N–H and O–H groups in total. The zero-order valence-corrected chi connectivity index (χ0v) is 28.0. The average molecular weight is 736 g/mol. The van der Waals surface area contributed by atoms with Crippen LogP contribution < -0.4 is 15.4 Å². The van der Waals surface area contributed by atoms with Crippen LogP contribution in [-0.2, 0) is 6.18 Å². The molecule has 51 heavy (non-hydrogen) atoms. The zero-order chi connectivity index (χ0) is 36.0. The summed E-state index contributed by atoms with van der Waals surface area (Å²) in [5.74, 6) is -2.65. The van der Waals surface area contributed by atoms with Gasteiger partial charge in [-0.25, -0.2) is 22.9 Å². The van der Waals surface area contributed by atoms with Gasteiger partial charge in [-0.1, -0.05) is 11.6 Å². The van der Waals surface area contributed by atoms with Crippen LogP contribution in [0.25, 0.3) is 22.0 Å². The quantitative estimate of drug-likeness (QED) is 0.194. The molecule has 4 aliphatic rings. The van der Waals surface area contributed by atoms with Crippen molar-refractivity contribution in [2.45, 2.75) is 62.5 Å². The summed E-state index contributed by atoms with van der Waals surface area (Å²) in [4.78, 5) is 31.6. The Labute approximate surface area is 292 Å². The molecule has 2 aromatic heterocycles. The number of likely N-dealkylation sites (tertiary alicyclic amines) is 1. The van der Waals surface area contributed by atoms with Gasteiger partial charge in [0.2, 0.25) is 0 Å². The first kappa shape index (κ1) is 33.7. The maximum absolute atomic E-state index is 16.9. The molecule has 0 bridgehead atoms. The number of ether oxygens (including phenoxy) is 1. The molecule has 4 aliphatic heterocycles. The van der Waals surface area contributed by atoms with E-state index in [1.54, 1.807) is 4.90 Å². The van der Waals surface area contributed by atoms with Crippen molar-refractivity contribution in [3.05, 3.63) is 52.6 Å². The van der Waals surface area contributed by atoms with E-state index in [1.165, 1.54) is 18.7 Å². The first-order valence-corrected chi connectivity index (χ1v) is 16.9. The van der Waals surface area contributed by atoms with E-state index < -0.39 is 73.5 Å². The van der Waals surface area contributed by atoms with Gasteiger partial charge < -0.3 is 20.3 Å². The number of hydrogen-bond acceptors (Lipinski definition) is 9. The van der Waals surface area contributed by atoms with Crippen LogP contribution in [0.3, 0.4) is 0 Å². The number of aryl methyl sites for hydroxylation is 1. The van der Waals surface area contributed by atoms with Crippen LogP contribution in [0, 0.1) is 18.6 Å². The van der Waals surface area contributed by atoms with E-state index in [1.807, 2.05) is 9.80 Å². The number of carbonyl (C=O) groups excluding carboxylic acids is 1. The van der Waals surface area contributed by atoms with Crippen molar-refractivity contribution in [2.24, 2.45) is 0 Å². The first-order valence-electron chi connectivity index (χ1n) is 16.5. The predicted molar refractivity (Wildman–Crippen MR) is 174 cm³/mol. The number of alkyl halides is 4. The van der Waals surface area contributed by atoms with E-state index in [0.29, 0.717) is 38.9 Å². The van der Waals surface area contributed by atoms with Gasteiger partial charge in [-0.15, -0.1) is 0 Å². The number of hydrogen-bond donors (Lipinski definition) is 1. The normalized spacial score (nSPS) is 24.9. The van der Waals surface area contributed by atoms with Crippen LogP contribution in [-0.4, -0.2) is 97.1 Å².